The molecule has 0 saturated carbocycles. The van der Waals surface area contributed by atoms with Crippen LogP contribution in [-0.2, 0) is 25.8 Å². The number of oxime groups is 1. The Balaban J connectivity index is 1.36. The molecular weight excluding hydrogens is 565 g/mol. The van der Waals surface area contributed by atoms with Crippen LogP contribution in [-0.4, -0.2) is 72.1 Å². The highest BCUT2D eigenvalue weighted by Gasteiger charge is 2.53. The number of hydrogen-bond acceptors (Lipinski definition) is 13. The molecule has 3 aromatic heterocycles. The topological polar surface area (TPSA) is 214 Å². The van der Waals surface area contributed by atoms with E-state index < -0.39 is 47.7 Å². The number of nitrogen functional groups attached to an aromatic ring is 1. The number of carbonyl (C=O) groups is 4. The summed E-state index contributed by atoms with van der Waals surface area (Å²) in [6, 6.07) is -1.11. The van der Waals surface area contributed by atoms with Crippen LogP contribution in [0.25, 0.3) is 4.83 Å². The Kier molecular flexibility index (Phi) is 6.71. The summed E-state index contributed by atoms with van der Waals surface area (Å²) in [4.78, 5) is 59.4. The van der Waals surface area contributed by atoms with E-state index in [1.54, 1.807) is 26.9 Å². The Morgan fingerprint density at radius 2 is 2.18 bits per heavy atom. The molecule has 5 rings (SSSR count). The van der Waals surface area contributed by atoms with E-state index in [9.17, 15) is 28.7 Å². The second-order valence-corrected chi connectivity index (χ2v) is 10.6. The van der Waals surface area contributed by atoms with E-state index in [0.717, 1.165) is 16.4 Å². The molecule has 2 aliphatic heterocycles. The van der Waals surface area contributed by atoms with Gasteiger partial charge in [0.1, 0.15) is 24.2 Å². The van der Waals surface area contributed by atoms with E-state index in [1.807, 2.05) is 0 Å². The third-order valence-corrected chi connectivity index (χ3v) is 8.32. The minimum absolute atomic E-state index is 0.0255. The quantitative estimate of drug-likeness (QED) is 0.105. The molecule has 1 saturated heterocycles. The summed E-state index contributed by atoms with van der Waals surface area (Å²) in [5.41, 5.74) is 10.8. The molecule has 5 N–H and O–H groups in total. The lowest BCUT2D eigenvalue weighted by Crippen LogP contribution is -2.71. The number of fused-ring (bicyclic) bond motifs is 2. The van der Waals surface area contributed by atoms with Crippen molar-refractivity contribution in [3.8, 4) is 0 Å². The largest absolute Gasteiger partial charge is 0.543 e. The maximum atomic E-state index is 13.0. The third kappa shape index (κ3) is 4.43. The predicted molar refractivity (Wildman–Crippen MR) is 129 cm³/mol. The number of nitrogens with two attached hydrogens (primary N) is 2. The van der Waals surface area contributed by atoms with Gasteiger partial charge in [-0.05, 0) is 0 Å². The average molecular weight is 582 g/mol. The second kappa shape index (κ2) is 9.99. The van der Waals surface area contributed by atoms with Crippen molar-refractivity contribution in [3.05, 3.63) is 40.7 Å². The van der Waals surface area contributed by atoms with E-state index in [-0.39, 0.29) is 34.6 Å². The number of carbonyl (C=O) groups excluding carboxylic acids is 4. The van der Waals surface area contributed by atoms with Gasteiger partial charge in [-0.15, -0.1) is 11.8 Å². The number of aliphatic carboxylic acids is 1. The first-order chi connectivity index (χ1) is 18.2. The summed E-state index contributed by atoms with van der Waals surface area (Å²) in [6.07, 6.45) is 3.32. The van der Waals surface area contributed by atoms with Gasteiger partial charge in [0, 0.05) is 28.2 Å². The number of aromatic nitrogens is 4. The van der Waals surface area contributed by atoms with Crippen molar-refractivity contribution in [2.75, 3.05) is 18.3 Å². The molecule has 0 aromatic carbocycles. The molecule has 0 bridgehead atoms. The summed E-state index contributed by atoms with van der Waals surface area (Å²) >= 11 is 3.29. The smallest absolute Gasteiger partial charge is 0.289 e. The molecule has 19 heteroatoms. The lowest BCUT2D eigenvalue weighted by Gasteiger charge is -2.50. The first-order valence-electron chi connectivity index (χ1n) is 10.5. The van der Waals surface area contributed by atoms with Crippen molar-refractivity contribution in [2.24, 2.45) is 10.9 Å². The fraction of sp³-hybridized carbons (Fsp3) is 0.263. The minimum atomic E-state index is -1.55. The van der Waals surface area contributed by atoms with Gasteiger partial charge in [-0.3, -0.25) is 19.3 Å². The number of amides is 3. The zero-order valence-corrected chi connectivity index (χ0v) is 21.3. The van der Waals surface area contributed by atoms with Crippen LogP contribution in [0, 0.1) is 0 Å². The van der Waals surface area contributed by atoms with Gasteiger partial charge in [0.25, 0.3) is 30.9 Å². The standard InChI is InChI=1S/C19H16FN9O6S3/c20-5-35-25-10(14-24-19(22)38-26-14)15(31)23-11-16(32)29-12(18(33)34)7(3-37-17(11)29)1-27-2-9-28(6-27)8(4-36-9)13(21)30/h2,4,6,11,17H,1,3,5H2,(H5-,21,22,23,24,26,30,31,33,34)/b25-10-/t11-,17-/m1/s1. The Labute approximate surface area is 223 Å². The summed E-state index contributed by atoms with van der Waals surface area (Å²) < 4.78 is 19.6. The summed E-state index contributed by atoms with van der Waals surface area (Å²) in [5.74, 6) is -3.80. The lowest BCUT2D eigenvalue weighted by molar-refractivity contribution is -0.687. The highest BCUT2D eigenvalue weighted by atomic mass is 32.2. The molecule has 2 aliphatic rings. The number of β-lactam (4-membered cyclic amide) rings is 1. The van der Waals surface area contributed by atoms with Crippen molar-refractivity contribution in [2.45, 2.75) is 18.0 Å². The summed E-state index contributed by atoms with van der Waals surface area (Å²) in [7, 11) is 0. The molecule has 3 amide bonds. The van der Waals surface area contributed by atoms with Crippen molar-refractivity contribution in [1.82, 2.24) is 24.0 Å². The van der Waals surface area contributed by atoms with Gasteiger partial charge in [0.15, 0.2) is 5.13 Å². The molecule has 0 radical (unpaired) electrons. The molecular formula is C19H16FN9O6S3. The number of primary amides is 1. The third-order valence-electron chi connectivity index (χ3n) is 5.55. The number of nitrogens with one attached hydrogen (secondary N) is 1. The normalized spacial score (nSPS) is 19.3. The number of nitrogens with zero attached hydrogens (tertiary/aromatic N) is 6. The van der Waals surface area contributed by atoms with Crippen molar-refractivity contribution >= 4 is 74.0 Å². The Hall–Kier alpha value is -4.10. The molecule has 2 atom stereocenters. The Morgan fingerprint density at radius 3 is 2.84 bits per heavy atom. The number of imidazole rings is 1. The Bertz CT molecular complexity index is 1550. The first kappa shape index (κ1) is 25.5. The maximum Gasteiger partial charge on any atom is 0.289 e. The molecule has 5 heterocycles. The van der Waals surface area contributed by atoms with Crippen LogP contribution in [0.5, 0.6) is 0 Å². The van der Waals surface area contributed by atoms with Crippen molar-refractivity contribution in [1.29, 1.82) is 0 Å². The molecule has 0 aliphatic carbocycles. The SMILES string of the molecule is NC(=O)c1csc2c[n+](CC3=C(C(=O)[O-])N4C(=O)[C@@H](NC(=O)/C(=N\OCF)c5nsc(N)n5)[C@H]4SC3)cn12. The van der Waals surface area contributed by atoms with Gasteiger partial charge >= 0.3 is 0 Å². The number of thiazole rings is 1. The lowest BCUT2D eigenvalue weighted by atomic mass is 10.0. The van der Waals surface area contributed by atoms with Gasteiger partial charge in [-0.25, -0.2) is 8.96 Å². The number of carboxylic acid groups (broad SMARTS) is 1. The molecule has 1 fully saturated rings. The fourth-order valence-corrected chi connectivity index (χ4v) is 6.66. The van der Waals surface area contributed by atoms with Crippen LogP contribution in [0.3, 0.4) is 0 Å². The molecule has 3 aromatic rings. The number of anilines is 1. The van der Waals surface area contributed by atoms with Crippen LogP contribution in [0.1, 0.15) is 16.3 Å². The van der Waals surface area contributed by atoms with E-state index in [4.69, 9.17) is 11.5 Å². The van der Waals surface area contributed by atoms with E-state index in [0.29, 0.717) is 10.4 Å². The zero-order chi connectivity index (χ0) is 27.1. The van der Waals surface area contributed by atoms with Crippen LogP contribution in [0.15, 0.2) is 34.3 Å². The molecule has 38 heavy (non-hydrogen) atoms. The average Bonchev–Trinajstić information content (AvgIpc) is 3.58. The predicted octanol–water partition coefficient (Wildman–Crippen LogP) is -2.43. The number of carboxylic acids is 1. The van der Waals surface area contributed by atoms with Crippen LogP contribution in [0.2, 0.25) is 0 Å². The number of alkyl halides is 1. The fourth-order valence-electron chi connectivity index (χ4n) is 3.97. The highest BCUT2D eigenvalue weighted by molar-refractivity contribution is 8.00. The minimum Gasteiger partial charge on any atom is -0.543 e. The number of halogens is 1. The van der Waals surface area contributed by atoms with Crippen LogP contribution in [0.4, 0.5) is 9.52 Å². The summed E-state index contributed by atoms with van der Waals surface area (Å²) in [6.45, 7) is -1.22. The van der Waals surface area contributed by atoms with Crippen molar-refractivity contribution in [3.63, 3.8) is 0 Å². The van der Waals surface area contributed by atoms with Gasteiger partial charge in [0.2, 0.25) is 22.1 Å². The molecule has 198 valence electrons. The van der Waals surface area contributed by atoms with Gasteiger partial charge in [-0.1, -0.05) is 16.5 Å². The van der Waals surface area contributed by atoms with Crippen LogP contribution < -0.4 is 26.5 Å². The van der Waals surface area contributed by atoms with Crippen molar-refractivity contribution < 1.29 is 38.1 Å². The van der Waals surface area contributed by atoms with E-state index in [1.165, 1.54) is 23.1 Å². The number of rotatable bonds is 9. The Morgan fingerprint density at radius 1 is 1.39 bits per heavy atom. The number of hydrogen-bond donors (Lipinski definition) is 3. The monoisotopic (exact) mass is 581 g/mol. The van der Waals surface area contributed by atoms with E-state index in [2.05, 4.69) is 24.7 Å². The zero-order valence-electron chi connectivity index (χ0n) is 18.9. The number of thioether (sulfide) groups is 1. The van der Waals surface area contributed by atoms with Gasteiger partial charge in [-0.2, -0.15) is 13.8 Å². The molecule has 0 unspecified atom stereocenters. The second-order valence-electron chi connectivity index (χ2n) is 7.85. The van der Waals surface area contributed by atoms with Gasteiger partial charge in [0.05, 0.1) is 11.7 Å². The maximum absolute atomic E-state index is 13.0. The summed E-state index contributed by atoms with van der Waals surface area (Å²) in [5, 5.41) is 18.8. The first-order valence-corrected chi connectivity index (χ1v) is 13.2. The molecule has 0 spiro atoms. The van der Waals surface area contributed by atoms with Gasteiger partial charge < -0.3 is 31.5 Å². The highest BCUT2D eigenvalue weighted by Crippen LogP contribution is 2.40. The molecule has 15 nitrogen and oxygen atoms in total. The van der Waals surface area contributed by atoms with E-state index >= 15 is 0 Å². The van der Waals surface area contributed by atoms with Crippen LogP contribution >= 0.6 is 34.6 Å².